The van der Waals surface area contributed by atoms with E-state index in [4.69, 9.17) is 4.74 Å². The first kappa shape index (κ1) is 14.7. The van der Waals surface area contributed by atoms with Crippen LogP contribution in [0, 0.1) is 0 Å². The van der Waals surface area contributed by atoms with Crippen molar-refractivity contribution < 1.29 is 14.9 Å². The lowest BCUT2D eigenvalue weighted by atomic mass is 10.1. The van der Waals surface area contributed by atoms with Gasteiger partial charge in [0.1, 0.15) is 11.5 Å². The van der Waals surface area contributed by atoms with E-state index in [0.717, 1.165) is 11.1 Å². The van der Waals surface area contributed by atoms with Gasteiger partial charge in [-0.05, 0) is 42.2 Å². The first-order valence-electron chi connectivity index (χ1n) is 6.67. The van der Waals surface area contributed by atoms with Crippen molar-refractivity contribution in [2.24, 2.45) is 0 Å². The van der Waals surface area contributed by atoms with Crippen LogP contribution in [0.15, 0.2) is 61.7 Å². The maximum Gasteiger partial charge on any atom is 0.169 e. The van der Waals surface area contributed by atoms with Crippen LogP contribution in [0.25, 0.3) is 0 Å². The molecule has 0 aliphatic rings. The lowest BCUT2D eigenvalue weighted by molar-refractivity contribution is 0.407. The number of phenols is 2. The number of aromatic hydroxyl groups is 2. The molecule has 21 heavy (non-hydrogen) atoms. The fourth-order valence-electron chi connectivity index (χ4n) is 2.01. The molecule has 0 heterocycles. The maximum atomic E-state index is 9.95. The highest BCUT2D eigenvalue weighted by molar-refractivity contribution is 5.47. The maximum absolute atomic E-state index is 9.95. The molecule has 0 fully saturated rings. The van der Waals surface area contributed by atoms with Crippen molar-refractivity contribution in [1.82, 2.24) is 0 Å². The molecule has 2 aromatic carbocycles. The van der Waals surface area contributed by atoms with E-state index in [2.05, 4.69) is 13.2 Å². The van der Waals surface area contributed by atoms with E-state index >= 15 is 0 Å². The van der Waals surface area contributed by atoms with E-state index in [1.807, 2.05) is 6.07 Å². The predicted octanol–water partition coefficient (Wildman–Crippen LogP) is 4.35. The van der Waals surface area contributed by atoms with Crippen molar-refractivity contribution in [1.29, 1.82) is 0 Å². The van der Waals surface area contributed by atoms with Gasteiger partial charge in [-0.1, -0.05) is 24.3 Å². The second-order valence-electron chi connectivity index (χ2n) is 4.68. The van der Waals surface area contributed by atoms with Crippen LogP contribution in [0.2, 0.25) is 0 Å². The lowest BCUT2D eigenvalue weighted by Crippen LogP contribution is -1.89. The molecule has 0 aromatic heterocycles. The topological polar surface area (TPSA) is 49.7 Å². The molecule has 108 valence electrons. The largest absolute Gasteiger partial charge is 0.508 e. The van der Waals surface area contributed by atoms with E-state index in [0.29, 0.717) is 24.3 Å². The molecule has 0 bridgehead atoms. The van der Waals surface area contributed by atoms with Gasteiger partial charge < -0.3 is 14.9 Å². The molecule has 0 amide bonds. The molecule has 3 heteroatoms. The molecular formula is C18H18O3. The highest BCUT2D eigenvalue weighted by atomic mass is 16.5. The third-order valence-corrected chi connectivity index (χ3v) is 3.05. The van der Waals surface area contributed by atoms with E-state index in [9.17, 15) is 10.2 Å². The Kier molecular flexibility index (Phi) is 4.67. The third kappa shape index (κ3) is 3.66. The Morgan fingerprint density at radius 2 is 1.67 bits per heavy atom. The van der Waals surface area contributed by atoms with E-state index < -0.39 is 0 Å². The molecule has 0 saturated carbocycles. The Bertz CT molecular complexity index is 660. The first-order chi connectivity index (χ1) is 10.1. The molecule has 0 aliphatic heterocycles. The van der Waals surface area contributed by atoms with Crippen LogP contribution in [0.5, 0.6) is 23.0 Å². The summed E-state index contributed by atoms with van der Waals surface area (Å²) in [7, 11) is 0. The Morgan fingerprint density at radius 3 is 2.29 bits per heavy atom. The molecule has 0 spiro atoms. The number of rotatable bonds is 6. The van der Waals surface area contributed by atoms with Crippen molar-refractivity contribution in [2.75, 3.05) is 0 Å². The lowest BCUT2D eigenvalue weighted by Gasteiger charge is -2.10. The Morgan fingerprint density at radius 1 is 0.905 bits per heavy atom. The Hall–Kier alpha value is -2.68. The zero-order valence-electron chi connectivity index (χ0n) is 11.7. The summed E-state index contributed by atoms with van der Waals surface area (Å²) < 4.78 is 5.59. The first-order valence-corrected chi connectivity index (χ1v) is 6.67. The van der Waals surface area contributed by atoms with Gasteiger partial charge in [-0.15, -0.1) is 13.2 Å². The molecule has 2 rings (SSSR count). The summed E-state index contributed by atoms with van der Waals surface area (Å²) in [6, 6.07) is 10.2. The summed E-state index contributed by atoms with van der Waals surface area (Å²) in [5.41, 5.74) is 1.74. The minimum Gasteiger partial charge on any atom is -0.508 e. The summed E-state index contributed by atoms with van der Waals surface area (Å²) in [5, 5.41) is 19.8. The second-order valence-corrected chi connectivity index (χ2v) is 4.68. The van der Waals surface area contributed by atoms with Crippen molar-refractivity contribution in [3.8, 4) is 23.0 Å². The second kappa shape index (κ2) is 6.66. The highest BCUT2D eigenvalue weighted by Gasteiger charge is 2.07. The molecule has 0 aliphatic carbocycles. The normalized spacial score (nSPS) is 10.1. The average molecular weight is 282 g/mol. The van der Waals surface area contributed by atoms with Crippen LogP contribution in [-0.4, -0.2) is 10.2 Å². The van der Waals surface area contributed by atoms with Gasteiger partial charge in [0, 0.05) is 6.07 Å². The number of hydrogen-bond acceptors (Lipinski definition) is 3. The monoisotopic (exact) mass is 282 g/mol. The van der Waals surface area contributed by atoms with Crippen LogP contribution >= 0.6 is 0 Å². The van der Waals surface area contributed by atoms with Gasteiger partial charge in [-0.3, -0.25) is 0 Å². The minimum absolute atomic E-state index is 0.0593. The molecule has 3 nitrogen and oxygen atoms in total. The fraction of sp³-hybridized carbons (Fsp3) is 0.111. The molecule has 0 atom stereocenters. The number of phenolic OH excluding ortho intramolecular Hbond substituents is 2. The van der Waals surface area contributed by atoms with Gasteiger partial charge in [0.05, 0.1) is 0 Å². The van der Waals surface area contributed by atoms with Crippen LogP contribution in [0.1, 0.15) is 11.1 Å². The number of hydrogen-bond donors (Lipinski definition) is 2. The summed E-state index contributed by atoms with van der Waals surface area (Å²) in [4.78, 5) is 0. The van der Waals surface area contributed by atoms with Crippen LogP contribution in [0.3, 0.4) is 0 Å². The van der Waals surface area contributed by atoms with Crippen molar-refractivity contribution >= 4 is 0 Å². The molecule has 0 radical (unpaired) electrons. The summed E-state index contributed by atoms with van der Waals surface area (Å²) >= 11 is 0. The highest BCUT2D eigenvalue weighted by Crippen LogP contribution is 2.33. The van der Waals surface area contributed by atoms with E-state index in [-0.39, 0.29) is 11.5 Å². The van der Waals surface area contributed by atoms with Gasteiger partial charge in [0.15, 0.2) is 11.5 Å². The summed E-state index contributed by atoms with van der Waals surface area (Å²) in [6.45, 7) is 7.30. The quantitative estimate of drug-likeness (QED) is 0.774. The zero-order chi connectivity index (χ0) is 15.2. The molecule has 2 N–H and O–H groups in total. The van der Waals surface area contributed by atoms with Gasteiger partial charge >= 0.3 is 0 Å². The fourth-order valence-corrected chi connectivity index (χ4v) is 2.01. The van der Waals surface area contributed by atoms with Gasteiger partial charge in [-0.2, -0.15) is 0 Å². The SMILES string of the molecule is C=CCc1ccc(Oc2ccc(CC=C)c(O)c2)c(O)c1. The number of allylic oxidation sites excluding steroid dienone is 2. The molecule has 0 unspecified atom stereocenters. The Labute approximate surface area is 124 Å². The third-order valence-electron chi connectivity index (χ3n) is 3.05. The van der Waals surface area contributed by atoms with Crippen molar-refractivity contribution in [3.05, 3.63) is 72.8 Å². The number of ether oxygens (including phenoxy) is 1. The Balaban J connectivity index is 2.20. The van der Waals surface area contributed by atoms with Crippen molar-refractivity contribution in [2.45, 2.75) is 12.8 Å². The molecule has 2 aromatic rings. The molecular weight excluding hydrogens is 264 g/mol. The van der Waals surface area contributed by atoms with Gasteiger partial charge in [0.25, 0.3) is 0 Å². The minimum atomic E-state index is 0.0593. The van der Waals surface area contributed by atoms with Crippen LogP contribution in [-0.2, 0) is 12.8 Å². The van der Waals surface area contributed by atoms with Gasteiger partial charge in [0.2, 0.25) is 0 Å². The van der Waals surface area contributed by atoms with Gasteiger partial charge in [-0.25, -0.2) is 0 Å². The molecule has 0 saturated heterocycles. The van der Waals surface area contributed by atoms with Crippen LogP contribution < -0.4 is 4.74 Å². The predicted molar refractivity (Wildman–Crippen MR) is 84.1 cm³/mol. The van der Waals surface area contributed by atoms with Crippen LogP contribution in [0.4, 0.5) is 0 Å². The van der Waals surface area contributed by atoms with E-state index in [1.54, 1.807) is 36.4 Å². The van der Waals surface area contributed by atoms with E-state index in [1.165, 1.54) is 6.07 Å². The summed E-state index contributed by atoms with van der Waals surface area (Å²) in [6.07, 6.45) is 4.77. The smallest absolute Gasteiger partial charge is 0.169 e. The zero-order valence-corrected chi connectivity index (χ0v) is 11.7. The summed E-state index contributed by atoms with van der Waals surface area (Å²) in [5.74, 6) is 1.02. The van der Waals surface area contributed by atoms with Crippen molar-refractivity contribution in [3.63, 3.8) is 0 Å². The number of benzene rings is 2. The standard InChI is InChI=1S/C18H18O3/c1-3-5-13-7-10-18(17(20)11-13)21-15-9-8-14(6-4-2)16(19)12-15/h3-4,7-12,19-20H,1-2,5-6H2. The average Bonchev–Trinajstić information content (AvgIpc) is 2.45.